The summed E-state index contributed by atoms with van der Waals surface area (Å²) in [5.41, 5.74) is 1.59. The minimum absolute atomic E-state index is 0.0514. The van der Waals surface area contributed by atoms with Crippen LogP contribution in [0.4, 0.5) is 5.69 Å². The number of carbonyl (C=O) groups is 1. The number of benzene rings is 1. The van der Waals surface area contributed by atoms with Gasteiger partial charge in [-0.2, -0.15) is 0 Å². The number of sulfonamides is 1. The fraction of sp³-hybridized carbons (Fsp3) is 0.143. The number of amides is 1. The van der Waals surface area contributed by atoms with Crippen molar-refractivity contribution in [2.75, 3.05) is 12.4 Å². The highest BCUT2D eigenvalue weighted by Crippen LogP contribution is 2.17. The van der Waals surface area contributed by atoms with E-state index in [1.54, 1.807) is 37.5 Å². The molecule has 0 radical (unpaired) electrons. The van der Waals surface area contributed by atoms with Crippen LogP contribution in [0.15, 0.2) is 47.6 Å². The number of rotatable bonds is 4. The first-order valence-electron chi connectivity index (χ1n) is 6.19. The van der Waals surface area contributed by atoms with Crippen LogP contribution in [0, 0.1) is 6.92 Å². The Labute approximate surface area is 123 Å². The van der Waals surface area contributed by atoms with E-state index in [2.05, 4.69) is 15.0 Å². The van der Waals surface area contributed by atoms with Gasteiger partial charge in [0.1, 0.15) is 0 Å². The maximum absolute atomic E-state index is 12.3. The Hall–Kier alpha value is -2.25. The number of hydrogen-bond donors (Lipinski definition) is 2. The third-order valence-electron chi connectivity index (χ3n) is 2.97. The number of hydrogen-bond acceptors (Lipinski definition) is 4. The van der Waals surface area contributed by atoms with Gasteiger partial charge in [-0.3, -0.25) is 9.78 Å². The smallest absolute Gasteiger partial charge is 0.255 e. The Morgan fingerprint density at radius 3 is 2.43 bits per heavy atom. The minimum atomic E-state index is -3.58. The second-order valence-electron chi connectivity index (χ2n) is 4.37. The van der Waals surface area contributed by atoms with Crippen LogP contribution in [-0.4, -0.2) is 26.4 Å². The molecule has 0 saturated carbocycles. The third-order valence-corrected chi connectivity index (χ3v) is 4.38. The van der Waals surface area contributed by atoms with E-state index < -0.39 is 10.0 Å². The molecule has 0 fully saturated rings. The minimum Gasteiger partial charge on any atom is -0.322 e. The lowest BCUT2D eigenvalue weighted by Gasteiger charge is -2.10. The number of pyridine rings is 1. The molecule has 7 heteroatoms. The highest BCUT2D eigenvalue weighted by atomic mass is 32.2. The molecular formula is C14H15N3O3S. The van der Waals surface area contributed by atoms with Crippen LogP contribution in [-0.2, 0) is 10.0 Å². The van der Waals surface area contributed by atoms with Gasteiger partial charge in [0.25, 0.3) is 5.91 Å². The third kappa shape index (κ3) is 3.45. The summed E-state index contributed by atoms with van der Waals surface area (Å²) in [5.74, 6) is -0.369. The van der Waals surface area contributed by atoms with Gasteiger partial charge in [-0.25, -0.2) is 13.1 Å². The van der Waals surface area contributed by atoms with E-state index in [-0.39, 0.29) is 10.8 Å². The van der Waals surface area contributed by atoms with E-state index >= 15 is 0 Å². The summed E-state index contributed by atoms with van der Waals surface area (Å²) in [6.07, 6.45) is 3.12. The molecule has 2 rings (SSSR count). The van der Waals surface area contributed by atoms with Crippen molar-refractivity contribution in [1.82, 2.24) is 9.71 Å². The van der Waals surface area contributed by atoms with E-state index in [9.17, 15) is 13.2 Å². The van der Waals surface area contributed by atoms with Gasteiger partial charge in [-0.05, 0) is 43.8 Å². The summed E-state index contributed by atoms with van der Waals surface area (Å²) < 4.78 is 25.8. The molecule has 2 aromatic rings. The first-order chi connectivity index (χ1) is 9.94. The molecule has 1 aromatic heterocycles. The SMILES string of the molecule is CNS(=O)(=O)c1ccc(C)c(C(=O)Nc2ccncc2)c1. The normalized spacial score (nSPS) is 11.1. The fourth-order valence-electron chi connectivity index (χ4n) is 1.76. The summed E-state index contributed by atoms with van der Waals surface area (Å²) in [7, 11) is -2.26. The average molecular weight is 305 g/mol. The van der Waals surface area contributed by atoms with Crippen LogP contribution in [0.3, 0.4) is 0 Å². The zero-order chi connectivity index (χ0) is 15.5. The van der Waals surface area contributed by atoms with Crippen LogP contribution in [0.5, 0.6) is 0 Å². The Morgan fingerprint density at radius 2 is 1.81 bits per heavy atom. The van der Waals surface area contributed by atoms with Gasteiger partial charge >= 0.3 is 0 Å². The standard InChI is InChI=1S/C14H15N3O3S/c1-10-3-4-12(21(19,20)15-2)9-13(10)14(18)17-11-5-7-16-8-6-11/h3-9,15H,1-2H3,(H,16,17,18). The molecule has 1 aromatic carbocycles. The van der Waals surface area contributed by atoms with Crippen LogP contribution in [0.25, 0.3) is 0 Å². The number of carbonyl (C=O) groups excluding carboxylic acids is 1. The van der Waals surface area contributed by atoms with Gasteiger partial charge in [-0.1, -0.05) is 6.07 Å². The Bertz CT molecular complexity index is 758. The number of anilines is 1. The maximum Gasteiger partial charge on any atom is 0.255 e. The van der Waals surface area contributed by atoms with Crippen LogP contribution >= 0.6 is 0 Å². The average Bonchev–Trinajstić information content (AvgIpc) is 2.48. The summed E-state index contributed by atoms with van der Waals surface area (Å²) in [6, 6.07) is 7.73. The molecule has 0 bridgehead atoms. The van der Waals surface area contributed by atoms with E-state index in [0.717, 1.165) is 0 Å². The maximum atomic E-state index is 12.3. The first-order valence-corrected chi connectivity index (χ1v) is 7.68. The van der Waals surface area contributed by atoms with Gasteiger partial charge in [0.2, 0.25) is 10.0 Å². The summed E-state index contributed by atoms with van der Waals surface area (Å²) in [5, 5.41) is 2.70. The first kappa shape index (κ1) is 15.1. The largest absolute Gasteiger partial charge is 0.322 e. The Morgan fingerprint density at radius 1 is 1.14 bits per heavy atom. The number of aromatic nitrogens is 1. The number of nitrogens with zero attached hydrogens (tertiary/aromatic N) is 1. The van der Waals surface area contributed by atoms with Gasteiger partial charge in [-0.15, -0.1) is 0 Å². The molecular weight excluding hydrogens is 290 g/mol. The quantitative estimate of drug-likeness (QED) is 0.897. The highest BCUT2D eigenvalue weighted by Gasteiger charge is 2.16. The molecule has 1 amide bonds. The fourth-order valence-corrected chi connectivity index (χ4v) is 2.52. The molecule has 0 saturated heterocycles. The van der Waals surface area contributed by atoms with Crippen LogP contribution in [0.2, 0.25) is 0 Å². The molecule has 0 atom stereocenters. The van der Waals surface area contributed by atoms with Crippen molar-refractivity contribution in [2.45, 2.75) is 11.8 Å². The zero-order valence-corrected chi connectivity index (χ0v) is 12.4. The van der Waals surface area contributed by atoms with Gasteiger partial charge in [0.05, 0.1) is 4.90 Å². The lowest BCUT2D eigenvalue weighted by atomic mass is 10.1. The van der Waals surface area contributed by atoms with Crippen molar-refractivity contribution in [2.24, 2.45) is 0 Å². The van der Waals surface area contributed by atoms with Crippen LogP contribution in [0.1, 0.15) is 15.9 Å². The molecule has 0 unspecified atom stereocenters. The molecule has 6 nitrogen and oxygen atoms in total. The van der Waals surface area contributed by atoms with Crippen molar-refractivity contribution < 1.29 is 13.2 Å². The summed E-state index contributed by atoms with van der Waals surface area (Å²) in [4.78, 5) is 16.2. The topological polar surface area (TPSA) is 88.2 Å². The van der Waals surface area contributed by atoms with E-state index in [0.29, 0.717) is 16.8 Å². The lowest BCUT2D eigenvalue weighted by Crippen LogP contribution is -2.20. The van der Waals surface area contributed by atoms with Crippen molar-refractivity contribution in [3.63, 3.8) is 0 Å². The molecule has 21 heavy (non-hydrogen) atoms. The monoisotopic (exact) mass is 305 g/mol. The predicted molar refractivity (Wildman–Crippen MR) is 79.6 cm³/mol. The van der Waals surface area contributed by atoms with Gasteiger partial charge in [0, 0.05) is 23.6 Å². The van der Waals surface area contributed by atoms with E-state index in [1.165, 1.54) is 19.2 Å². The summed E-state index contributed by atoms with van der Waals surface area (Å²) in [6.45, 7) is 1.75. The van der Waals surface area contributed by atoms with Gasteiger partial charge < -0.3 is 5.32 Å². The van der Waals surface area contributed by atoms with Crippen molar-refractivity contribution in [3.05, 3.63) is 53.9 Å². The van der Waals surface area contributed by atoms with E-state index in [4.69, 9.17) is 0 Å². The molecule has 110 valence electrons. The second kappa shape index (κ2) is 6.02. The van der Waals surface area contributed by atoms with Gasteiger partial charge in [0.15, 0.2) is 0 Å². The molecule has 2 N–H and O–H groups in total. The van der Waals surface area contributed by atoms with Crippen molar-refractivity contribution in [3.8, 4) is 0 Å². The summed E-state index contributed by atoms with van der Waals surface area (Å²) >= 11 is 0. The molecule has 0 aliphatic rings. The van der Waals surface area contributed by atoms with E-state index in [1.807, 2.05) is 0 Å². The highest BCUT2D eigenvalue weighted by molar-refractivity contribution is 7.89. The number of nitrogens with one attached hydrogen (secondary N) is 2. The van der Waals surface area contributed by atoms with Crippen molar-refractivity contribution in [1.29, 1.82) is 0 Å². The molecule has 0 spiro atoms. The molecule has 0 aliphatic heterocycles. The van der Waals surface area contributed by atoms with Crippen LogP contribution < -0.4 is 10.0 Å². The zero-order valence-electron chi connectivity index (χ0n) is 11.6. The predicted octanol–water partition coefficient (Wildman–Crippen LogP) is 1.55. The lowest BCUT2D eigenvalue weighted by molar-refractivity contribution is 0.102. The molecule has 0 aliphatic carbocycles. The Kier molecular flexibility index (Phi) is 4.35. The molecule has 1 heterocycles. The Balaban J connectivity index is 2.35. The van der Waals surface area contributed by atoms with Crippen molar-refractivity contribution >= 4 is 21.6 Å². The number of aryl methyl sites for hydroxylation is 1. The second-order valence-corrected chi connectivity index (χ2v) is 6.26.